The summed E-state index contributed by atoms with van der Waals surface area (Å²) in [6.07, 6.45) is 1.74. The van der Waals surface area contributed by atoms with Crippen LogP contribution in [0.2, 0.25) is 0 Å². The number of hydrogen-bond acceptors (Lipinski definition) is 1. The van der Waals surface area contributed by atoms with E-state index in [-0.39, 0.29) is 11.5 Å². The average molecular weight is 128 g/mol. The summed E-state index contributed by atoms with van der Waals surface area (Å²) in [6.45, 7) is 12.0. The third-order valence-corrected chi connectivity index (χ3v) is 1.52. The van der Waals surface area contributed by atoms with E-state index in [1.807, 2.05) is 6.92 Å². The van der Waals surface area contributed by atoms with Crippen LogP contribution in [0.25, 0.3) is 0 Å². The van der Waals surface area contributed by atoms with Gasteiger partial charge in [0, 0.05) is 0 Å². The molecular formula is C8H16O. The summed E-state index contributed by atoms with van der Waals surface area (Å²) in [6, 6.07) is 0. The Labute approximate surface area is 57.7 Å². The molecule has 0 rings (SSSR count). The molecule has 0 radical (unpaired) electrons. The molecule has 9 heavy (non-hydrogen) atoms. The topological polar surface area (TPSA) is 9.23 Å². The SMILES string of the molecule is C=COC(C)C(C)(C)C. The Kier molecular flexibility index (Phi) is 2.75. The first-order valence-electron chi connectivity index (χ1n) is 3.25. The third kappa shape index (κ3) is 3.17. The Morgan fingerprint density at radius 2 is 1.89 bits per heavy atom. The zero-order valence-electron chi connectivity index (χ0n) is 6.77. The minimum atomic E-state index is 0.216. The lowest BCUT2D eigenvalue weighted by Crippen LogP contribution is -2.23. The fourth-order valence-electron chi connectivity index (χ4n) is 0.348. The van der Waals surface area contributed by atoms with Gasteiger partial charge in [0.25, 0.3) is 0 Å². The highest BCUT2D eigenvalue weighted by molar-refractivity contribution is 4.71. The third-order valence-electron chi connectivity index (χ3n) is 1.52. The lowest BCUT2D eigenvalue weighted by molar-refractivity contribution is 0.0620. The van der Waals surface area contributed by atoms with Gasteiger partial charge in [-0.3, -0.25) is 0 Å². The van der Waals surface area contributed by atoms with Crippen molar-refractivity contribution in [3.05, 3.63) is 12.8 Å². The Morgan fingerprint density at radius 3 is 2.00 bits per heavy atom. The van der Waals surface area contributed by atoms with E-state index in [9.17, 15) is 0 Å². The molecule has 0 aliphatic rings. The van der Waals surface area contributed by atoms with Gasteiger partial charge in [0.2, 0.25) is 0 Å². The fourth-order valence-corrected chi connectivity index (χ4v) is 0.348. The number of ether oxygens (including phenoxy) is 1. The Morgan fingerprint density at radius 1 is 1.44 bits per heavy atom. The summed E-state index contributed by atoms with van der Waals surface area (Å²) in [5, 5.41) is 0. The van der Waals surface area contributed by atoms with E-state index in [1.165, 1.54) is 6.26 Å². The molecule has 0 aromatic rings. The molecular weight excluding hydrogens is 112 g/mol. The Hall–Kier alpha value is -0.460. The van der Waals surface area contributed by atoms with E-state index in [4.69, 9.17) is 4.74 Å². The molecule has 0 aromatic carbocycles. The molecule has 0 heterocycles. The molecule has 0 aromatic heterocycles. The number of hydrogen-bond donors (Lipinski definition) is 0. The Bertz CT molecular complexity index is 89.2. The average Bonchev–Trinajstić information content (AvgIpc) is 1.64. The van der Waals surface area contributed by atoms with E-state index in [0.29, 0.717) is 0 Å². The quantitative estimate of drug-likeness (QED) is 0.519. The van der Waals surface area contributed by atoms with Gasteiger partial charge in [-0.1, -0.05) is 27.4 Å². The van der Waals surface area contributed by atoms with Gasteiger partial charge in [0.15, 0.2) is 0 Å². The normalized spacial score (nSPS) is 14.7. The number of rotatable bonds is 2. The molecule has 0 N–H and O–H groups in total. The second-order valence-electron chi connectivity index (χ2n) is 3.31. The van der Waals surface area contributed by atoms with Crippen molar-refractivity contribution in [1.82, 2.24) is 0 Å². The molecule has 1 unspecified atom stereocenters. The van der Waals surface area contributed by atoms with Crippen LogP contribution < -0.4 is 0 Å². The van der Waals surface area contributed by atoms with Gasteiger partial charge in [-0.25, -0.2) is 0 Å². The van der Waals surface area contributed by atoms with Crippen LogP contribution in [0, 0.1) is 5.41 Å². The second-order valence-corrected chi connectivity index (χ2v) is 3.31. The molecule has 0 amide bonds. The van der Waals surface area contributed by atoms with Crippen molar-refractivity contribution in [2.24, 2.45) is 5.41 Å². The first-order valence-corrected chi connectivity index (χ1v) is 3.25. The fraction of sp³-hybridized carbons (Fsp3) is 0.750. The lowest BCUT2D eigenvalue weighted by atomic mass is 9.90. The first kappa shape index (κ1) is 8.54. The largest absolute Gasteiger partial charge is 0.498 e. The molecule has 0 bridgehead atoms. The van der Waals surface area contributed by atoms with Gasteiger partial charge in [0.1, 0.15) is 0 Å². The van der Waals surface area contributed by atoms with Crippen molar-refractivity contribution in [2.75, 3.05) is 0 Å². The van der Waals surface area contributed by atoms with Gasteiger partial charge in [0.05, 0.1) is 12.4 Å². The summed E-state index contributed by atoms with van der Waals surface area (Å²) in [7, 11) is 0. The smallest absolute Gasteiger partial charge is 0.0998 e. The van der Waals surface area contributed by atoms with Crippen LogP contribution in [0.1, 0.15) is 27.7 Å². The van der Waals surface area contributed by atoms with E-state index in [1.54, 1.807) is 0 Å². The van der Waals surface area contributed by atoms with Crippen LogP contribution in [0.3, 0.4) is 0 Å². The molecule has 1 atom stereocenters. The zero-order valence-corrected chi connectivity index (χ0v) is 6.77. The second kappa shape index (κ2) is 2.90. The van der Waals surface area contributed by atoms with Crippen molar-refractivity contribution in [1.29, 1.82) is 0 Å². The summed E-state index contributed by atoms with van der Waals surface area (Å²) < 4.78 is 5.17. The van der Waals surface area contributed by atoms with Crippen molar-refractivity contribution >= 4 is 0 Å². The molecule has 1 nitrogen and oxygen atoms in total. The standard InChI is InChI=1S/C8H16O/c1-6-9-7(2)8(3,4)5/h6-7H,1H2,2-5H3. The summed E-state index contributed by atoms with van der Waals surface area (Å²) >= 11 is 0. The van der Waals surface area contributed by atoms with Gasteiger partial charge in [-0.15, -0.1) is 0 Å². The molecule has 0 aliphatic heterocycles. The highest BCUT2D eigenvalue weighted by Gasteiger charge is 2.19. The monoisotopic (exact) mass is 128 g/mol. The zero-order chi connectivity index (χ0) is 7.49. The summed E-state index contributed by atoms with van der Waals surface area (Å²) in [4.78, 5) is 0. The maximum absolute atomic E-state index is 5.17. The van der Waals surface area contributed by atoms with E-state index < -0.39 is 0 Å². The predicted octanol–water partition coefficient (Wildman–Crippen LogP) is 2.58. The van der Waals surface area contributed by atoms with Crippen LogP contribution in [0.15, 0.2) is 12.8 Å². The van der Waals surface area contributed by atoms with E-state index in [0.717, 1.165) is 0 Å². The molecule has 0 aliphatic carbocycles. The van der Waals surface area contributed by atoms with Crippen molar-refractivity contribution in [3.8, 4) is 0 Å². The van der Waals surface area contributed by atoms with Crippen LogP contribution in [-0.4, -0.2) is 6.10 Å². The maximum atomic E-state index is 5.17. The van der Waals surface area contributed by atoms with E-state index in [2.05, 4.69) is 27.4 Å². The minimum Gasteiger partial charge on any atom is -0.498 e. The van der Waals surface area contributed by atoms with E-state index >= 15 is 0 Å². The van der Waals surface area contributed by atoms with Crippen LogP contribution >= 0.6 is 0 Å². The van der Waals surface area contributed by atoms with Gasteiger partial charge < -0.3 is 4.74 Å². The predicted molar refractivity (Wildman–Crippen MR) is 40.2 cm³/mol. The van der Waals surface area contributed by atoms with Crippen LogP contribution in [0.4, 0.5) is 0 Å². The lowest BCUT2D eigenvalue weighted by Gasteiger charge is -2.25. The van der Waals surface area contributed by atoms with Crippen molar-refractivity contribution in [3.63, 3.8) is 0 Å². The Balaban J connectivity index is 3.72. The minimum absolute atomic E-state index is 0.216. The van der Waals surface area contributed by atoms with Crippen molar-refractivity contribution in [2.45, 2.75) is 33.8 Å². The maximum Gasteiger partial charge on any atom is 0.0998 e. The molecule has 0 spiro atoms. The van der Waals surface area contributed by atoms with Crippen molar-refractivity contribution < 1.29 is 4.74 Å². The molecule has 1 heteroatoms. The first-order chi connectivity index (χ1) is 3.98. The summed E-state index contributed by atoms with van der Waals surface area (Å²) in [5.41, 5.74) is 0.216. The highest BCUT2D eigenvalue weighted by Crippen LogP contribution is 2.21. The summed E-state index contributed by atoms with van der Waals surface area (Å²) in [5.74, 6) is 0. The molecule has 0 saturated carbocycles. The van der Waals surface area contributed by atoms with Crippen LogP contribution in [0.5, 0.6) is 0 Å². The molecule has 0 saturated heterocycles. The van der Waals surface area contributed by atoms with Gasteiger partial charge in [-0.05, 0) is 12.3 Å². The molecule has 54 valence electrons. The van der Waals surface area contributed by atoms with Gasteiger partial charge in [-0.2, -0.15) is 0 Å². The molecule has 0 fully saturated rings. The highest BCUT2D eigenvalue weighted by atomic mass is 16.5. The van der Waals surface area contributed by atoms with Crippen LogP contribution in [-0.2, 0) is 4.74 Å². The van der Waals surface area contributed by atoms with Gasteiger partial charge >= 0.3 is 0 Å².